The predicted octanol–water partition coefficient (Wildman–Crippen LogP) is 6.04. The number of Topliss-reactive ketones (excluding diaryl/α,β-unsaturated/α-hetero) is 1. The monoisotopic (exact) mass is 665 g/mol. The Morgan fingerprint density at radius 2 is 1.48 bits per heavy atom. The van der Waals surface area contributed by atoms with Crippen LogP contribution in [-0.2, 0) is 16.4 Å². The summed E-state index contributed by atoms with van der Waals surface area (Å²) in [7, 11) is -4.15. The first-order valence-electron chi connectivity index (χ1n) is 15.6. The Morgan fingerprint density at radius 3 is 2.15 bits per heavy atom. The normalized spacial score (nSPS) is 13.5. The predicted molar refractivity (Wildman–Crippen MR) is 184 cm³/mol. The number of carbonyl (C=O) groups excluding carboxylic acids is 2. The molecule has 1 fully saturated rings. The van der Waals surface area contributed by atoms with Gasteiger partial charge in [0.1, 0.15) is 5.58 Å². The van der Waals surface area contributed by atoms with Crippen LogP contribution in [0.1, 0.15) is 49.3 Å². The number of hydrogen-bond acceptors (Lipinski definition) is 7. The molecule has 0 radical (unpaired) electrons. The molecular weight excluding hydrogens is 630 g/mol. The van der Waals surface area contributed by atoms with Crippen molar-refractivity contribution in [2.75, 3.05) is 41.9 Å². The molecule has 2 heterocycles. The quantitative estimate of drug-likeness (QED) is 0.179. The molecule has 1 aromatic heterocycles. The van der Waals surface area contributed by atoms with Crippen LogP contribution in [0.15, 0.2) is 106 Å². The Bertz CT molecular complexity index is 2100. The topological polar surface area (TPSA) is 128 Å². The van der Waals surface area contributed by atoms with Gasteiger partial charge in [-0.2, -0.15) is 0 Å². The summed E-state index contributed by atoms with van der Waals surface area (Å²) in [6.45, 7) is 5.07. The molecular formula is C37H35N3O7S. The molecule has 0 bridgehead atoms. The first-order chi connectivity index (χ1) is 23.0. The largest absolute Gasteiger partial charge is 0.475 e. The summed E-state index contributed by atoms with van der Waals surface area (Å²) in [5, 5.41) is 9.96. The van der Waals surface area contributed by atoms with Crippen LogP contribution in [0.3, 0.4) is 0 Å². The lowest BCUT2D eigenvalue weighted by Crippen LogP contribution is -2.49. The number of amides is 1. The summed E-state index contributed by atoms with van der Waals surface area (Å²) in [5.74, 6) is -1.64. The number of aryl methyl sites for hydroxylation is 1. The smallest absolute Gasteiger partial charge is 0.372 e. The highest BCUT2D eigenvalue weighted by atomic mass is 32.2. The van der Waals surface area contributed by atoms with Gasteiger partial charge in [0.25, 0.3) is 15.9 Å². The highest BCUT2D eigenvalue weighted by molar-refractivity contribution is 7.92. The van der Waals surface area contributed by atoms with Crippen molar-refractivity contribution in [3.63, 3.8) is 0 Å². The number of piperazine rings is 1. The summed E-state index contributed by atoms with van der Waals surface area (Å²) in [5.41, 5.74) is 3.90. The van der Waals surface area contributed by atoms with E-state index in [2.05, 4.69) is 4.90 Å². The van der Waals surface area contributed by atoms with Crippen LogP contribution in [0.2, 0.25) is 0 Å². The maximum Gasteiger partial charge on any atom is 0.372 e. The summed E-state index contributed by atoms with van der Waals surface area (Å²) in [6, 6.07) is 28.0. The number of carboxylic acid groups (broad SMARTS) is 1. The number of carbonyl (C=O) groups is 3. The molecule has 10 nitrogen and oxygen atoms in total. The Balaban J connectivity index is 1.31. The highest BCUT2D eigenvalue weighted by Crippen LogP contribution is 2.36. The lowest BCUT2D eigenvalue weighted by atomic mass is 10.1. The van der Waals surface area contributed by atoms with Crippen molar-refractivity contribution in [1.29, 1.82) is 0 Å². The Hall–Kier alpha value is -5.42. The van der Waals surface area contributed by atoms with E-state index < -0.39 is 16.0 Å². The van der Waals surface area contributed by atoms with Gasteiger partial charge in [-0.3, -0.25) is 13.9 Å². The van der Waals surface area contributed by atoms with E-state index in [4.69, 9.17) is 4.42 Å². The minimum absolute atomic E-state index is 0.0184. The fourth-order valence-corrected chi connectivity index (χ4v) is 7.57. The molecule has 0 atom stereocenters. The zero-order valence-electron chi connectivity index (χ0n) is 26.6. The number of sulfonamides is 1. The average molecular weight is 666 g/mol. The van der Waals surface area contributed by atoms with Gasteiger partial charge in [0.2, 0.25) is 5.76 Å². The first-order valence-corrected chi connectivity index (χ1v) is 17.1. The van der Waals surface area contributed by atoms with Crippen LogP contribution in [0.4, 0.5) is 11.4 Å². The average Bonchev–Trinajstić information content (AvgIpc) is 3.44. The van der Waals surface area contributed by atoms with Crippen LogP contribution in [0.5, 0.6) is 0 Å². The van der Waals surface area contributed by atoms with E-state index in [1.807, 2.05) is 42.5 Å². The molecule has 1 aliphatic rings. The second-order valence-electron chi connectivity index (χ2n) is 11.7. The van der Waals surface area contributed by atoms with Crippen molar-refractivity contribution in [1.82, 2.24) is 4.90 Å². The molecule has 4 aromatic carbocycles. The maximum atomic E-state index is 14.5. The molecule has 246 valence electrons. The van der Waals surface area contributed by atoms with E-state index in [0.717, 1.165) is 11.3 Å². The summed E-state index contributed by atoms with van der Waals surface area (Å²) in [4.78, 5) is 40.5. The third-order valence-electron chi connectivity index (χ3n) is 8.73. The highest BCUT2D eigenvalue weighted by Gasteiger charge is 2.31. The van der Waals surface area contributed by atoms with E-state index >= 15 is 0 Å². The van der Waals surface area contributed by atoms with Crippen LogP contribution < -0.4 is 9.21 Å². The fraction of sp³-hybridized carbons (Fsp3) is 0.216. The van der Waals surface area contributed by atoms with Gasteiger partial charge in [0.05, 0.1) is 16.3 Å². The number of fused-ring (bicyclic) bond motifs is 1. The number of benzene rings is 4. The van der Waals surface area contributed by atoms with Gasteiger partial charge < -0.3 is 19.3 Å². The van der Waals surface area contributed by atoms with Crippen molar-refractivity contribution >= 4 is 50.0 Å². The van der Waals surface area contributed by atoms with Gasteiger partial charge >= 0.3 is 5.97 Å². The van der Waals surface area contributed by atoms with Crippen molar-refractivity contribution in [2.45, 2.75) is 25.2 Å². The molecule has 0 aliphatic carbocycles. The number of aromatic carboxylic acids is 1. The molecule has 1 aliphatic heterocycles. The van der Waals surface area contributed by atoms with Gasteiger partial charge in [-0.25, -0.2) is 13.2 Å². The van der Waals surface area contributed by atoms with Crippen LogP contribution >= 0.6 is 0 Å². The number of para-hydroxylation sites is 2. The lowest BCUT2D eigenvalue weighted by molar-refractivity contribution is 0.0663. The number of carboxylic acids is 1. The number of rotatable bonds is 10. The first kappa shape index (κ1) is 32.5. The van der Waals surface area contributed by atoms with Gasteiger partial charge in [-0.05, 0) is 68.3 Å². The van der Waals surface area contributed by atoms with E-state index in [1.54, 1.807) is 48.2 Å². The van der Waals surface area contributed by atoms with Crippen LogP contribution in [0, 0.1) is 6.92 Å². The van der Waals surface area contributed by atoms with Crippen molar-refractivity contribution < 1.29 is 32.3 Å². The summed E-state index contributed by atoms with van der Waals surface area (Å²) >= 11 is 0. The third-order valence-corrected chi connectivity index (χ3v) is 10.5. The fourth-order valence-electron chi connectivity index (χ4n) is 6.06. The Labute approximate surface area is 278 Å². The molecule has 6 rings (SSSR count). The van der Waals surface area contributed by atoms with E-state index in [0.29, 0.717) is 65.9 Å². The van der Waals surface area contributed by atoms with Gasteiger partial charge in [-0.1, -0.05) is 54.6 Å². The van der Waals surface area contributed by atoms with E-state index in [-0.39, 0.29) is 28.9 Å². The SMILES string of the molecule is CC(=O)c1ccc(C(=O)N2CCN(c3ccccc3N(CCc3ccccc3)S(=O)(=O)c3ccc4oc(C(=O)O)c(C)c4c3)CC2)cc1. The molecule has 1 saturated heterocycles. The summed E-state index contributed by atoms with van der Waals surface area (Å²) < 4.78 is 36.0. The molecule has 0 unspecified atom stereocenters. The third kappa shape index (κ3) is 6.41. The second kappa shape index (κ2) is 13.4. The van der Waals surface area contributed by atoms with Crippen molar-refractivity contribution in [2.24, 2.45) is 0 Å². The molecule has 48 heavy (non-hydrogen) atoms. The minimum atomic E-state index is -4.15. The summed E-state index contributed by atoms with van der Waals surface area (Å²) in [6.07, 6.45) is 0.454. The van der Waals surface area contributed by atoms with Crippen molar-refractivity contribution in [3.8, 4) is 0 Å². The molecule has 0 saturated carbocycles. The van der Waals surface area contributed by atoms with Gasteiger partial charge in [0.15, 0.2) is 5.78 Å². The second-order valence-corrected chi connectivity index (χ2v) is 13.6. The minimum Gasteiger partial charge on any atom is -0.475 e. The van der Waals surface area contributed by atoms with Crippen molar-refractivity contribution in [3.05, 3.63) is 125 Å². The Morgan fingerprint density at radius 1 is 0.833 bits per heavy atom. The van der Waals surface area contributed by atoms with Gasteiger partial charge in [0, 0.05) is 54.8 Å². The zero-order valence-corrected chi connectivity index (χ0v) is 27.4. The number of nitrogens with zero attached hydrogens (tertiary/aromatic N) is 3. The van der Waals surface area contributed by atoms with Crippen LogP contribution in [0.25, 0.3) is 11.0 Å². The molecule has 1 N–H and O–H groups in total. The number of ketones is 1. The van der Waals surface area contributed by atoms with Crippen LogP contribution in [-0.4, -0.2) is 68.8 Å². The number of anilines is 2. The lowest BCUT2D eigenvalue weighted by Gasteiger charge is -2.38. The zero-order chi connectivity index (χ0) is 34.0. The maximum absolute atomic E-state index is 14.5. The van der Waals surface area contributed by atoms with E-state index in [9.17, 15) is 27.9 Å². The molecule has 5 aromatic rings. The molecule has 0 spiro atoms. The Kier molecular flexibility index (Phi) is 9.05. The number of hydrogen-bond donors (Lipinski definition) is 1. The standard InChI is InChI=1S/C37H35N3O7S/c1-25-31-24-30(16-17-34(31)47-35(25)37(43)44)48(45,46)40(19-18-27-8-4-3-5-9-27)33-11-7-6-10-32(33)38-20-22-39(23-21-38)36(42)29-14-12-28(13-15-29)26(2)41/h3-17,24H,18-23H2,1-2H3,(H,43,44). The number of furan rings is 1. The molecule has 11 heteroatoms. The molecule has 1 amide bonds. The van der Waals surface area contributed by atoms with E-state index in [1.165, 1.54) is 29.4 Å². The van der Waals surface area contributed by atoms with Gasteiger partial charge in [-0.15, -0.1) is 0 Å².